The minimum absolute atomic E-state index is 0.00280. The number of pyridine rings is 1. The number of aromatic nitrogens is 3. The molecular formula is C31H35F2N7O2. The van der Waals surface area contributed by atoms with Gasteiger partial charge in [-0.2, -0.15) is 5.26 Å². The minimum Gasteiger partial charge on any atom is -0.363 e. The van der Waals surface area contributed by atoms with E-state index in [1.54, 1.807) is 18.2 Å². The smallest absolute Gasteiger partial charge is 0.276 e. The second kappa shape index (κ2) is 11.1. The lowest BCUT2D eigenvalue weighted by molar-refractivity contribution is -0.121. The fourth-order valence-corrected chi connectivity index (χ4v) is 6.33. The Bertz CT molecular complexity index is 1600. The number of nitrogens with one attached hydrogen (secondary N) is 2. The highest BCUT2D eigenvalue weighted by atomic mass is 19.3. The summed E-state index contributed by atoms with van der Waals surface area (Å²) in [6, 6.07) is 10.2. The van der Waals surface area contributed by atoms with Crippen LogP contribution < -0.4 is 16.2 Å². The van der Waals surface area contributed by atoms with Crippen molar-refractivity contribution < 1.29 is 13.6 Å². The Morgan fingerprint density at radius 1 is 1.07 bits per heavy atom. The molecule has 1 atom stereocenters. The van der Waals surface area contributed by atoms with Crippen molar-refractivity contribution in [1.29, 1.82) is 5.26 Å². The number of hydrogen-bond acceptors (Lipinski definition) is 7. The fraction of sp³-hybridized carbons (Fsp3) is 0.516. The topological polar surface area (TPSA) is 116 Å². The second-order valence-electron chi connectivity index (χ2n) is 11.9. The lowest BCUT2D eigenvalue weighted by atomic mass is 9.85. The highest BCUT2D eigenvalue weighted by Crippen LogP contribution is 2.47. The number of anilines is 1. The van der Waals surface area contributed by atoms with Crippen molar-refractivity contribution in [3.63, 3.8) is 0 Å². The Labute approximate surface area is 242 Å². The van der Waals surface area contributed by atoms with Crippen LogP contribution in [-0.4, -0.2) is 51.5 Å². The van der Waals surface area contributed by atoms with Crippen molar-refractivity contribution in [1.82, 2.24) is 24.8 Å². The van der Waals surface area contributed by atoms with Gasteiger partial charge in [-0.25, -0.2) is 18.7 Å². The maximum absolute atomic E-state index is 15.8. The summed E-state index contributed by atoms with van der Waals surface area (Å²) in [5.74, 6) is -3.41. The van der Waals surface area contributed by atoms with Crippen LogP contribution in [0, 0.1) is 17.2 Å². The Balaban J connectivity index is 1.42. The third-order valence-electron chi connectivity index (χ3n) is 9.12. The van der Waals surface area contributed by atoms with E-state index >= 15 is 8.78 Å². The molecule has 3 aliphatic heterocycles. The van der Waals surface area contributed by atoms with Crippen molar-refractivity contribution in [3.05, 3.63) is 63.7 Å². The van der Waals surface area contributed by atoms with E-state index in [0.29, 0.717) is 86.1 Å². The van der Waals surface area contributed by atoms with E-state index in [2.05, 4.69) is 31.6 Å². The number of carbonyl (C=O) groups excluding carboxylic acids is 1. The highest BCUT2D eigenvalue weighted by Gasteiger charge is 2.47. The van der Waals surface area contributed by atoms with Gasteiger partial charge in [0.1, 0.15) is 17.8 Å². The Morgan fingerprint density at radius 3 is 2.60 bits per heavy atom. The molecule has 4 aliphatic rings. The SMILES string of the molecule is C[C@H]1Nc2ncnc3c2cc(C2(C#N)CC2)c(=O)n3CCNC(=O)CCCN2CCC(CC2)C(F)(F)c2cccc1c2. The molecule has 1 saturated carbocycles. The van der Waals surface area contributed by atoms with Gasteiger partial charge in [-0.05, 0) is 76.4 Å². The number of amides is 1. The summed E-state index contributed by atoms with van der Waals surface area (Å²) in [7, 11) is 0. The van der Waals surface area contributed by atoms with E-state index < -0.39 is 17.3 Å². The number of fused-ring (bicyclic) bond motifs is 9. The first kappa shape index (κ1) is 28.2. The van der Waals surface area contributed by atoms with Crippen LogP contribution in [0.5, 0.6) is 0 Å². The molecule has 220 valence electrons. The Kier molecular flexibility index (Phi) is 7.43. The van der Waals surface area contributed by atoms with E-state index in [1.165, 1.54) is 17.0 Å². The number of halogens is 2. The lowest BCUT2D eigenvalue weighted by Gasteiger charge is -2.36. The summed E-state index contributed by atoms with van der Waals surface area (Å²) >= 11 is 0. The molecule has 2 fully saturated rings. The number of alkyl halides is 2. The van der Waals surface area contributed by atoms with Gasteiger partial charge in [0.25, 0.3) is 11.5 Å². The molecule has 9 nitrogen and oxygen atoms in total. The standard InChI is InChI=1S/C31H35F2N7O2/c1-20-21-4-2-5-23(16-21)31(32,33)22-7-13-39(14-8-22)12-3-6-26(41)35-11-15-40-28-24(27(38-20)36-19-37-28)17-25(29(40)42)30(18-34)9-10-30/h2,4-5,16-17,19-20,22H,3,6-15H2,1H3,(H,35,41)(H,36,37,38)/t20-/m1/s1. The maximum Gasteiger partial charge on any atom is 0.276 e. The molecule has 5 heterocycles. The number of nitrogens with zero attached hydrogens (tertiary/aromatic N) is 5. The zero-order valence-corrected chi connectivity index (χ0v) is 23.7. The van der Waals surface area contributed by atoms with Gasteiger partial charge < -0.3 is 15.5 Å². The molecule has 2 N–H and O–H groups in total. The number of piperidine rings is 1. The average Bonchev–Trinajstić information content (AvgIpc) is 3.79. The van der Waals surface area contributed by atoms with Gasteiger partial charge in [0.2, 0.25) is 5.91 Å². The van der Waals surface area contributed by atoms with Crippen LogP contribution in [0.2, 0.25) is 0 Å². The van der Waals surface area contributed by atoms with Crippen molar-refractivity contribution in [2.45, 2.75) is 69.4 Å². The number of nitriles is 1. The number of benzene rings is 1. The third-order valence-corrected chi connectivity index (χ3v) is 9.12. The molecule has 1 aliphatic carbocycles. The largest absolute Gasteiger partial charge is 0.363 e. The van der Waals surface area contributed by atoms with E-state index in [1.807, 2.05) is 13.0 Å². The summed E-state index contributed by atoms with van der Waals surface area (Å²) in [5, 5.41) is 16.7. The van der Waals surface area contributed by atoms with Crippen LogP contribution in [-0.2, 0) is 22.7 Å². The number of carbonyl (C=O) groups is 1. The molecule has 1 aromatic carbocycles. The zero-order valence-electron chi connectivity index (χ0n) is 23.7. The van der Waals surface area contributed by atoms with E-state index in [4.69, 9.17) is 0 Å². The molecule has 0 radical (unpaired) electrons. The molecule has 3 aromatic rings. The first-order valence-corrected chi connectivity index (χ1v) is 14.8. The van der Waals surface area contributed by atoms with Gasteiger partial charge in [-0.1, -0.05) is 18.2 Å². The van der Waals surface area contributed by atoms with Crippen molar-refractivity contribution in [3.8, 4) is 6.07 Å². The van der Waals surface area contributed by atoms with Crippen LogP contribution in [0.3, 0.4) is 0 Å². The minimum atomic E-state index is -2.97. The molecule has 1 saturated heterocycles. The number of rotatable bonds is 1. The molecule has 0 unspecified atom stereocenters. The molecule has 42 heavy (non-hydrogen) atoms. The predicted octanol–water partition coefficient (Wildman–Crippen LogP) is 4.23. The quantitative estimate of drug-likeness (QED) is 0.446. The van der Waals surface area contributed by atoms with Crippen molar-refractivity contribution >= 4 is 22.8 Å². The van der Waals surface area contributed by atoms with Gasteiger partial charge >= 0.3 is 0 Å². The number of hydrogen-bond donors (Lipinski definition) is 2. The van der Waals surface area contributed by atoms with Crippen LogP contribution in [0.15, 0.2) is 41.5 Å². The second-order valence-corrected chi connectivity index (χ2v) is 11.9. The van der Waals surface area contributed by atoms with Crippen LogP contribution in [0.25, 0.3) is 11.0 Å². The van der Waals surface area contributed by atoms with Gasteiger partial charge in [0.05, 0.1) is 16.9 Å². The Morgan fingerprint density at radius 2 is 1.86 bits per heavy atom. The molecule has 2 aromatic heterocycles. The first-order chi connectivity index (χ1) is 20.2. The molecule has 1 amide bonds. The predicted molar refractivity (Wildman–Crippen MR) is 154 cm³/mol. The van der Waals surface area contributed by atoms with Crippen LogP contribution in [0.4, 0.5) is 14.6 Å². The first-order valence-electron chi connectivity index (χ1n) is 14.8. The molecule has 0 spiro atoms. The zero-order chi connectivity index (χ0) is 29.5. The van der Waals surface area contributed by atoms with Gasteiger partial charge in [0, 0.05) is 42.6 Å². The normalized spacial score (nSPS) is 25.6. The van der Waals surface area contributed by atoms with Crippen LogP contribution in [0.1, 0.15) is 68.2 Å². The summed E-state index contributed by atoms with van der Waals surface area (Å²) in [6.07, 6.45) is 4.26. The molecule has 8 bridgehead atoms. The van der Waals surface area contributed by atoms with E-state index in [-0.39, 0.29) is 36.2 Å². The molecular weight excluding hydrogens is 540 g/mol. The fourth-order valence-electron chi connectivity index (χ4n) is 6.33. The molecule has 7 rings (SSSR count). The average molecular weight is 576 g/mol. The Hall–Kier alpha value is -3.91. The third kappa shape index (κ3) is 5.24. The van der Waals surface area contributed by atoms with E-state index in [0.717, 1.165) is 0 Å². The lowest BCUT2D eigenvalue weighted by Crippen LogP contribution is -2.40. The van der Waals surface area contributed by atoms with Crippen molar-refractivity contribution in [2.75, 3.05) is 31.5 Å². The van der Waals surface area contributed by atoms with Gasteiger partial charge in [-0.15, -0.1) is 0 Å². The molecule has 11 heteroatoms. The summed E-state index contributed by atoms with van der Waals surface area (Å²) < 4.78 is 33.0. The van der Waals surface area contributed by atoms with Crippen LogP contribution >= 0.6 is 0 Å². The monoisotopic (exact) mass is 575 g/mol. The van der Waals surface area contributed by atoms with E-state index in [9.17, 15) is 14.9 Å². The maximum atomic E-state index is 15.8. The summed E-state index contributed by atoms with van der Waals surface area (Å²) in [6.45, 7) is 4.12. The summed E-state index contributed by atoms with van der Waals surface area (Å²) in [5.41, 5.74) is 0.309. The van der Waals surface area contributed by atoms with Gasteiger partial charge in [0.15, 0.2) is 0 Å². The highest BCUT2D eigenvalue weighted by molar-refractivity contribution is 5.87. The van der Waals surface area contributed by atoms with Crippen molar-refractivity contribution in [2.24, 2.45) is 5.92 Å². The summed E-state index contributed by atoms with van der Waals surface area (Å²) in [4.78, 5) is 37.3. The van der Waals surface area contributed by atoms with Gasteiger partial charge in [-0.3, -0.25) is 14.2 Å².